The van der Waals surface area contributed by atoms with Crippen molar-refractivity contribution in [3.63, 3.8) is 0 Å². The van der Waals surface area contributed by atoms with Gasteiger partial charge in [0.2, 0.25) is 0 Å². The fraction of sp³-hybridized carbons (Fsp3) is 0.750. The summed E-state index contributed by atoms with van der Waals surface area (Å²) in [5.74, 6) is -4.10. The Morgan fingerprint density at radius 2 is 2.22 bits per heavy atom. The van der Waals surface area contributed by atoms with Crippen LogP contribution in [0, 0.1) is 0 Å². The van der Waals surface area contributed by atoms with Crippen LogP contribution < -0.4 is 5.73 Å². The number of rotatable bonds is 2. The average Bonchev–Trinajstić information content (AvgIpc) is 1.64. The number of nitrogens with two attached hydrogens (primary N) is 1. The van der Waals surface area contributed by atoms with E-state index in [4.69, 9.17) is 10.2 Å². The molecule has 0 aromatic carbocycles. The minimum Gasteiger partial charge on any atom is -0.461 e. The van der Waals surface area contributed by atoms with Crippen molar-refractivity contribution in [2.24, 2.45) is 5.73 Å². The van der Waals surface area contributed by atoms with E-state index in [1.807, 2.05) is 0 Å². The van der Waals surface area contributed by atoms with Gasteiger partial charge in [-0.2, -0.15) is 0 Å². The predicted octanol–water partition coefficient (Wildman–Crippen LogP) is -1.85. The summed E-state index contributed by atoms with van der Waals surface area (Å²) in [5.41, 5.74) is 4.50. The first-order chi connectivity index (χ1) is 3.98. The monoisotopic (exact) mass is 135 g/mol. The lowest BCUT2D eigenvalue weighted by atomic mass is 10.5. The summed E-state index contributed by atoms with van der Waals surface area (Å²) in [5, 5.41) is 16.6. The molecule has 0 heterocycles. The lowest BCUT2D eigenvalue weighted by molar-refractivity contribution is -0.206. The molecule has 0 rings (SSSR count). The highest BCUT2D eigenvalue weighted by Crippen LogP contribution is 1.90. The third-order valence-electron chi connectivity index (χ3n) is 0.576. The summed E-state index contributed by atoms with van der Waals surface area (Å²) in [7, 11) is 0. The van der Waals surface area contributed by atoms with Gasteiger partial charge < -0.3 is 14.9 Å². The molecule has 0 radical (unpaired) electrons. The molecule has 4 N–H and O–H groups in total. The summed E-state index contributed by atoms with van der Waals surface area (Å²) in [6.45, 7) is 1.60. The van der Waals surface area contributed by atoms with Gasteiger partial charge in [0.1, 0.15) is 0 Å². The molecule has 9 heavy (non-hydrogen) atoms. The molecular formula is C4H9NO4. The second-order valence-electron chi connectivity index (χ2n) is 1.45. The van der Waals surface area contributed by atoms with Crippen LogP contribution in [0.15, 0.2) is 0 Å². The molecule has 0 atom stereocenters. The normalized spacial score (nSPS) is 11.1. The number of carbonyl (C=O) groups is 1. The second-order valence-corrected chi connectivity index (χ2v) is 1.45. The first kappa shape index (κ1) is 8.35. The molecule has 0 aliphatic heterocycles. The smallest absolute Gasteiger partial charge is 0.383 e. The highest BCUT2D eigenvalue weighted by atomic mass is 16.6. The summed E-state index contributed by atoms with van der Waals surface area (Å²) < 4.78 is 4.14. The van der Waals surface area contributed by atoms with E-state index in [-0.39, 0.29) is 6.61 Å². The maximum absolute atomic E-state index is 10.2. The van der Waals surface area contributed by atoms with Crippen molar-refractivity contribution >= 4 is 5.97 Å². The van der Waals surface area contributed by atoms with Gasteiger partial charge in [-0.15, -0.1) is 0 Å². The molecule has 0 aromatic rings. The molecular weight excluding hydrogens is 126 g/mol. The summed E-state index contributed by atoms with van der Waals surface area (Å²) in [6.07, 6.45) is 0. The standard InChI is InChI=1S/C4H9NO4/c1-2-9-3(6)4(5,7)8/h7-8H,2,5H2,1H3. The van der Waals surface area contributed by atoms with Crippen molar-refractivity contribution in [2.75, 3.05) is 6.61 Å². The third kappa shape index (κ3) is 3.02. The minimum absolute atomic E-state index is 0.0684. The van der Waals surface area contributed by atoms with E-state index in [9.17, 15) is 4.79 Å². The number of ether oxygens (including phenoxy) is 1. The first-order valence-corrected chi connectivity index (χ1v) is 2.39. The van der Waals surface area contributed by atoms with Crippen LogP contribution in [0.1, 0.15) is 6.92 Å². The molecule has 0 fully saturated rings. The third-order valence-corrected chi connectivity index (χ3v) is 0.576. The van der Waals surface area contributed by atoms with Gasteiger partial charge in [0.05, 0.1) is 6.61 Å². The molecule has 0 bridgehead atoms. The largest absolute Gasteiger partial charge is 0.461 e. The SMILES string of the molecule is CCOC(=O)C(N)(O)O. The Kier molecular flexibility index (Phi) is 2.57. The number of esters is 1. The predicted molar refractivity (Wildman–Crippen MR) is 28.0 cm³/mol. The lowest BCUT2D eigenvalue weighted by Gasteiger charge is -2.11. The van der Waals surface area contributed by atoms with E-state index in [1.54, 1.807) is 0 Å². The van der Waals surface area contributed by atoms with Crippen molar-refractivity contribution in [3.05, 3.63) is 0 Å². The molecule has 0 unspecified atom stereocenters. The first-order valence-electron chi connectivity index (χ1n) is 2.39. The Morgan fingerprint density at radius 1 is 1.78 bits per heavy atom. The Morgan fingerprint density at radius 3 is 2.33 bits per heavy atom. The van der Waals surface area contributed by atoms with Crippen LogP contribution in [-0.4, -0.2) is 28.7 Å². The highest BCUT2D eigenvalue weighted by Gasteiger charge is 2.29. The van der Waals surface area contributed by atoms with E-state index in [0.29, 0.717) is 0 Å². The molecule has 0 saturated heterocycles. The van der Waals surface area contributed by atoms with Crippen molar-refractivity contribution in [1.29, 1.82) is 0 Å². The van der Waals surface area contributed by atoms with Gasteiger partial charge in [0, 0.05) is 0 Å². The molecule has 5 heteroatoms. The Bertz CT molecular complexity index is 106. The van der Waals surface area contributed by atoms with Crippen molar-refractivity contribution in [3.8, 4) is 0 Å². The van der Waals surface area contributed by atoms with Crippen molar-refractivity contribution in [2.45, 2.75) is 12.8 Å². The van der Waals surface area contributed by atoms with Gasteiger partial charge in [-0.3, -0.25) is 5.73 Å². The number of aliphatic hydroxyl groups is 2. The Hall–Kier alpha value is -0.650. The van der Waals surface area contributed by atoms with Crippen LogP contribution in [0.5, 0.6) is 0 Å². The van der Waals surface area contributed by atoms with E-state index < -0.39 is 11.9 Å². The number of hydrogen-bond donors (Lipinski definition) is 3. The van der Waals surface area contributed by atoms with Crippen molar-refractivity contribution in [1.82, 2.24) is 0 Å². The molecule has 0 saturated carbocycles. The molecule has 0 aliphatic carbocycles. The van der Waals surface area contributed by atoms with E-state index in [2.05, 4.69) is 10.5 Å². The zero-order chi connectivity index (χ0) is 7.49. The molecule has 0 amide bonds. The van der Waals surface area contributed by atoms with Gasteiger partial charge >= 0.3 is 11.9 Å². The lowest BCUT2D eigenvalue weighted by Crippen LogP contribution is -2.48. The van der Waals surface area contributed by atoms with Crippen molar-refractivity contribution < 1.29 is 19.7 Å². The van der Waals surface area contributed by atoms with Gasteiger partial charge in [-0.05, 0) is 6.92 Å². The fourth-order valence-electron chi connectivity index (χ4n) is 0.237. The summed E-state index contributed by atoms with van der Waals surface area (Å²) >= 11 is 0. The number of carbonyl (C=O) groups excluding carboxylic acids is 1. The summed E-state index contributed by atoms with van der Waals surface area (Å²) in [4.78, 5) is 10.2. The van der Waals surface area contributed by atoms with E-state index in [0.717, 1.165) is 0 Å². The van der Waals surface area contributed by atoms with Crippen LogP contribution in [0.2, 0.25) is 0 Å². The Balaban J connectivity index is 3.74. The maximum Gasteiger partial charge on any atom is 0.383 e. The van der Waals surface area contributed by atoms with Crippen LogP contribution in [0.25, 0.3) is 0 Å². The van der Waals surface area contributed by atoms with Gasteiger partial charge in [-0.25, -0.2) is 4.79 Å². The minimum atomic E-state index is -2.85. The molecule has 5 nitrogen and oxygen atoms in total. The molecule has 54 valence electrons. The van der Waals surface area contributed by atoms with Gasteiger partial charge in [0.15, 0.2) is 0 Å². The van der Waals surface area contributed by atoms with Crippen LogP contribution in [0.4, 0.5) is 0 Å². The molecule has 0 spiro atoms. The van der Waals surface area contributed by atoms with Crippen LogP contribution in [0.3, 0.4) is 0 Å². The van der Waals surface area contributed by atoms with Gasteiger partial charge in [0.25, 0.3) is 0 Å². The number of hydrogen-bond acceptors (Lipinski definition) is 5. The molecule has 0 aliphatic rings. The maximum atomic E-state index is 10.2. The van der Waals surface area contributed by atoms with E-state index >= 15 is 0 Å². The average molecular weight is 135 g/mol. The topological polar surface area (TPSA) is 92.8 Å². The zero-order valence-corrected chi connectivity index (χ0v) is 5.00. The quantitative estimate of drug-likeness (QED) is 0.305. The van der Waals surface area contributed by atoms with Gasteiger partial charge in [-0.1, -0.05) is 0 Å². The molecule has 0 aromatic heterocycles. The zero-order valence-electron chi connectivity index (χ0n) is 5.00. The van der Waals surface area contributed by atoms with Crippen LogP contribution >= 0.6 is 0 Å². The summed E-state index contributed by atoms with van der Waals surface area (Å²) in [6, 6.07) is 0. The Labute approximate surface area is 52.0 Å². The van der Waals surface area contributed by atoms with Crippen LogP contribution in [-0.2, 0) is 9.53 Å². The highest BCUT2D eigenvalue weighted by molar-refractivity contribution is 5.76. The second kappa shape index (κ2) is 2.77. The fourth-order valence-corrected chi connectivity index (χ4v) is 0.237. The van der Waals surface area contributed by atoms with E-state index in [1.165, 1.54) is 6.92 Å².